The second-order valence-electron chi connectivity index (χ2n) is 4.05. The van der Waals surface area contributed by atoms with Crippen LogP contribution < -0.4 is 0 Å². The van der Waals surface area contributed by atoms with E-state index in [2.05, 4.69) is 19.9 Å². The first-order valence-corrected chi connectivity index (χ1v) is 5.01. The number of carbonyl (C=O) groups is 1. The Labute approximate surface area is 84.5 Å². The molecule has 1 nitrogen and oxygen atoms in total. The van der Waals surface area contributed by atoms with Gasteiger partial charge in [0.25, 0.3) is 0 Å². The fourth-order valence-corrected chi connectivity index (χ4v) is 1.85. The zero-order valence-corrected chi connectivity index (χ0v) is 8.58. The van der Waals surface area contributed by atoms with E-state index >= 15 is 0 Å². The second-order valence-corrected chi connectivity index (χ2v) is 4.05. The maximum absolute atomic E-state index is 11.7. The summed E-state index contributed by atoms with van der Waals surface area (Å²) in [6, 6.07) is 8.11. The molecule has 0 fully saturated rings. The van der Waals surface area contributed by atoms with Gasteiger partial charge in [0.05, 0.1) is 0 Å². The lowest BCUT2D eigenvalue weighted by molar-refractivity contribution is -0.115. The quantitative estimate of drug-likeness (QED) is 0.659. The Hall–Kier alpha value is -1.37. The van der Waals surface area contributed by atoms with Gasteiger partial charge in [0.2, 0.25) is 0 Å². The third-order valence-electron chi connectivity index (χ3n) is 2.66. The van der Waals surface area contributed by atoms with Gasteiger partial charge in [-0.15, -0.1) is 0 Å². The molecule has 72 valence electrons. The summed E-state index contributed by atoms with van der Waals surface area (Å²) in [5.41, 5.74) is 3.32. The molecule has 0 saturated carbocycles. The van der Waals surface area contributed by atoms with Crippen LogP contribution in [0.25, 0.3) is 6.08 Å². The minimum Gasteiger partial charge on any atom is -0.294 e. The Bertz CT molecular complexity index is 399. The first-order chi connectivity index (χ1) is 6.68. The van der Waals surface area contributed by atoms with Gasteiger partial charge < -0.3 is 0 Å². The van der Waals surface area contributed by atoms with Crippen LogP contribution in [0.15, 0.2) is 29.8 Å². The maximum Gasteiger partial charge on any atom is 0.163 e. The third kappa shape index (κ3) is 1.50. The third-order valence-corrected chi connectivity index (χ3v) is 2.66. The summed E-state index contributed by atoms with van der Waals surface area (Å²) in [6.45, 7) is 4.13. The Morgan fingerprint density at radius 3 is 2.64 bits per heavy atom. The molecule has 14 heavy (non-hydrogen) atoms. The average Bonchev–Trinajstić information content (AvgIpc) is 2.16. The van der Waals surface area contributed by atoms with Crippen molar-refractivity contribution in [2.24, 2.45) is 5.92 Å². The van der Waals surface area contributed by atoms with Gasteiger partial charge in [-0.05, 0) is 28.7 Å². The smallest absolute Gasteiger partial charge is 0.163 e. The molecule has 0 bridgehead atoms. The van der Waals surface area contributed by atoms with Crippen molar-refractivity contribution in [2.75, 3.05) is 0 Å². The summed E-state index contributed by atoms with van der Waals surface area (Å²) in [6.07, 6.45) is 2.60. The highest BCUT2D eigenvalue weighted by molar-refractivity contribution is 6.03. The molecule has 0 atom stereocenters. The predicted molar refractivity (Wildman–Crippen MR) is 58.0 cm³/mol. The van der Waals surface area contributed by atoms with E-state index in [1.54, 1.807) is 0 Å². The molecule has 1 heteroatoms. The Balaban J connectivity index is 2.49. The Morgan fingerprint density at radius 1 is 1.21 bits per heavy atom. The van der Waals surface area contributed by atoms with Crippen LogP contribution in [-0.2, 0) is 11.2 Å². The molecule has 1 aromatic carbocycles. The first-order valence-electron chi connectivity index (χ1n) is 5.01. The maximum atomic E-state index is 11.7. The van der Waals surface area contributed by atoms with Crippen LogP contribution in [0.1, 0.15) is 25.0 Å². The molecule has 0 radical (unpaired) electrons. The van der Waals surface area contributed by atoms with E-state index in [1.807, 2.05) is 24.3 Å². The van der Waals surface area contributed by atoms with Gasteiger partial charge >= 0.3 is 0 Å². The molecule has 0 saturated heterocycles. The number of ketones is 1. The molecule has 0 N–H and O–H groups in total. The van der Waals surface area contributed by atoms with Crippen molar-refractivity contribution in [3.63, 3.8) is 0 Å². The zero-order valence-electron chi connectivity index (χ0n) is 8.58. The van der Waals surface area contributed by atoms with Crippen molar-refractivity contribution in [3.05, 3.63) is 41.0 Å². The van der Waals surface area contributed by atoms with Crippen molar-refractivity contribution in [1.82, 2.24) is 0 Å². The van der Waals surface area contributed by atoms with Crippen molar-refractivity contribution >= 4 is 11.9 Å². The molecule has 1 aliphatic rings. The number of rotatable bonds is 1. The lowest BCUT2D eigenvalue weighted by atomic mass is 9.86. The largest absolute Gasteiger partial charge is 0.294 e. The van der Waals surface area contributed by atoms with Crippen LogP contribution in [0.4, 0.5) is 0 Å². The van der Waals surface area contributed by atoms with Gasteiger partial charge in [0.1, 0.15) is 0 Å². The van der Waals surface area contributed by atoms with Gasteiger partial charge in [-0.25, -0.2) is 0 Å². The lowest BCUT2D eigenvalue weighted by Gasteiger charge is -2.17. The average molecular weight is 186 g/mol. The van der Waals surface area contributed by atoms with Crippen LogP contribution in [0.3, 0.4) is 0 Å². The van der Waals surface area contributed by atoms with Gasteiger partial charge in [-0.1, -0.05) is 38.1 Å². The monoisotopic (exact) mass is 186 g/mol. The second kappa shape index (κ2) is 3.41. The predicted octanol–water partition coefficient (Wildman–Crippen LogP) is 2.85. The van der Waals surface area contributed by atoms with Crippen LogP contribution in [-0.4, -0.2) is 5.78 Å². The van der Waals surface area contributed by atoms with Gasteiger partial charge in [0, 0.05) is 6.42 Å². The molecular weight excluding hydrogens is 172 g/mol. The highest BCUT2D eigenvalue weighted by Gasteiger charge is 2.19. The lowest BCUT2D eigenvalue weighted by Crippen LogP contribution is -2.15. The number of carbonyl (C=O) groups excluding carboxylic acids is 1. The molecule has 0 aliphatic heterocycles. The highest BCUT2D eigenvalue weighted by Crippen LogP contribution is 2.25. The van der Waals surface area contributed by atoms with Crippen LogP contribution in [0.5, 0.6) is 0 Å². The molecule has 0 amide bonds. The van der Waals surface area contributed by atoms with Crippen LogP contribution >= 0.6 is 0 Å². The van der Waals surface area contributed by atoms with E-state index in [0.717, 1.165) is 11.1 Å². The molecule has 0 heterocycles. The fraction of sp³-hybridized carbons (Fsp3) is 0.308. The Kier molecular flexibility index (Phi) is 2.24. The normalized spacial score (nSPS) is 15.4. The highest BCUT2D eigenvalue weighted by atomic mass is 16.1. The van der Waals surface area contributed by atoms with E-state index in [4.69, 9.17) is 0 Å². The number of fused-ring (bicyclic) bond motifs is 1. The van der Waals surface area contributed by atoms with E-state index < -0.39 is 0 Å². The van der Waals surface area contributed by atoms with Crippen molar-refractivity contribution < 1.29 is 4.79 Å². The summed E-state index contributed by atoms with van der Waals surface area (Å²) in [5.74, 6) is 0.606. The van der Waals surface area contributed by atoms with Gasteiger partial charge in [-0.3, -0.25) is 4.79 Å². The first kappa shape index (κ1) is 9.20. The van der Waals surface area contributed by atoms with Crippen molar-refractivity contribution in [3.8, 4) is 0 Å². The number of hydrogen-bond donors (Lipinski definition) is 0. The topological polar surface area (TPSA) is 17.1 Å². The molecule has 1 aliphatic carbocycles. The molecule has 1 aromatic rings. The molecule has 0 aromatic heterocycles. The minimum atomic E-state index is 0.277. The van der Waals surface area contributed by atoms with Crippen LogP contribution in [0, 0.1) is 5.92 Å². The Morgan fingerprint density at radius 2 is 1.93 bits per heavy atom. The van der Waals surface area contributed by atoms with Crippen LogP contribution in [0.2, 0.25) is 0 Å². The van der Waals surface area contributed by atoms with Crippen molar-refractivity contribution in [2.45, 2.75) is 20.3 Å². The number of benzene rings is 1. The van der Waals surface area contributed by atoms with Gasteiger partial charge in [0.15, 0.2) is 5.78 Å². The van der Waals surface area contributed by atoms with Gasteiger partial charge in [-0.2, -0.15) is 0 Å². The number of Topliss-reactive ketones (excluding diaryl/α,β-unsaturated/α-hetero) is 1. The minimum absolute atomic E-state index is 0.277. The standard InChI is InChI=1S/C13H14O/c1-9(2)12-7-10-5-3-4-6-11(10)8-13(12)14/h3-7,9H,8H2,1-2H3. The SMILES string of the molecule is CC(C)C1=Cc2ccccc2CC1=O. The van der Waals surface area contributed by atoms with E-state index in [1.165, 1.54) is 5.56 Å². The van der Waals surface area contributed by atoms with E-state index in [-0.39, 0.29) is 5.78 Å². The summed E-state index contributed by atoms with van der Waals surface area (Å²) in [5, 5.41) is 0. The molecular formula is C13H14O. The summed E-state index contributed by atoms with van der Waals surface area (Å²) >= 11 is 0. The summed E-state index contributed by atoms with van der Waals surface area (Å²) in [7, 11) is 0. The zero-order chi connectivity index (χ0) is 10.1. The summed E-state index contributed by atoms with van der Waals surface area (Å²) < 4.78 is 0. The van der Waals surface area contributed by atoms with Crippen molar-refractivity contribution in [1.29, 1.82) is 0 Å². The number of hydrogen-bond acceptors (Lipinski definition) is 1. The molecule has 0 spiro atoms. The number of allylic oxidation sites excluding steroid dienone is 1. The fourth-order valence-electron chi connectivity index (χ4n) is 1.85. The summed E-state index contributed by atoms with van der Waals surface area (Å²) in [4.78, 5) is 11.7. The van der Waals surface area contributed by atoms with E-state index in [9.17, 15) is 4.79 Å². The molecule has 2 rings (SSSR count). The molecule has 0 unspecified atom stereocenters. The van der Waals surface area contributed by atoms with E-state index in [0.29, 0.717) is 12.3 Å².